The van der Waals surface area contributed by atoms with Crippen LogP contribution in [0.2, 0.25) is 0 Å². The molecule has 1 saturated carbocycles. The SMILES string of the molecule is C/C=C\C(=C(/N)F)C1CCC(=O)CC1.CC. The topological polar surface area (TPSA) is 43.1 Å². The maximum absolute atomic E-state index is 13.0. The number of Topliss-reactive ketones (excluding diaryl/α,β-unsaturated/α-hetero) is 1. The first kappa shape index (κ1) is 14.9. The summed E-state index contributed by atoms with van der Waals surface area (Å²) in [6, 6.07) is 0. The predicted octanol–water partition coefficient (Wildman–Crippen LogP) is 3.49. The Kier molecular flexibility index (Phi) is 7.52. The maximum atomic E-state index is 13.0. The smallest absolute Gasteiger partial charge is 0.187 e. The van der Waals surface area contributed by atoms with Gasteiger partial charge in [-0.2, -0.15) is 4.39 Å². The molecule has 0 aromatic rings. The first-order chi connectivity index (χ1) is 7.65. The van der Waals surface area contributed by atoms with Crippen LogP contribution in [0.25, 0.3) is 0 Å². The van der Waals surface area contributed by atoms with Gasteiger partial charge in [-0.05, 0) is 25.7 Å². The average Bonchev–Trinajstić information content (AvgIpc) is 2.30. The number of rotatable bonds is 2. The molecule has 0 amide bonds. The van der Waals surface area contributed by atoms with Crippen molar-refractivity contribution >= 4 is 5.78 Å². The van der Waals surface area contributed by atoms with Gasteiger partial charge in [0.25, 0.3) is 0 Å². The van der Waals surface area contributed by atoms with E-state index in [4.69, 9.17) is 5.73 Å². The van der Waals surface area contributed by atoms with Crippen LogP contribution >= 0.6 is 0 Å². The highest BCUT2D eigenvalue weighted by Gasteiger charge is 2.22. The van der Waals surface area contributed by atoms with Gasteiger partial charge in [-0.15, -0.1) is 0 Å². The van der Waals surface area contributed by atoms with Crippen LogP contribution in [0.4, 0.5) is 4.39 Å². The molecule has 0 unspecified atom stereocenters. The Bertz CT molecular complexity index is 268. The summed E-state index contributed by atoms with van der Waals surface area (Å²) in [6.45, 7) is 5.83. The highest BCUT2D eigenvalue weighted by atomic mass is 19.1. The fraction of sp³-hybridized carbons (Fsp3) is 0.615. The quantitative estimate of drug-likeness (QED) is 0.579. The molecule has 0 atom stereocenters. The summed E-state index contributed by atoms with van der Waals surface area (Å²) in [4.78, 5) is 11.0. The number of carbonyl (C=O) groups is 1. The Morgan fingerprint density at radius 3 is 2.25 bits per heavy atom. The molecule has 3 heteroatoms. The molecule has 0 bridgehead atoms. The summed E-state index contributed by atoms with van der Waals surface area (Å²) in [5.74, 6) is -0.213. The molecule has 0 aromatic carbocycles. The number of nitrogens with two attached hydrogens (primary N) is 1. The normalized spacial score (nSPS) is 19.1. The minimum absolute atomic E-state index is 0.119. The zero-order chi connectivity index (χ0) is 12.6. The Balaban J connectivity index is 0.00000106. The third-order valence-corrected chi connectivity index (χ3v) is 2.61. The molecule has 1 aliphatic rings. The number of allylic oxidation sites excluding steroid dienone is 3. The van der Waals surface area contributed by atoms with Crippen LogP contribution in [0.1, 0.15) is 46.5 Å². The lowest BCUT2D eigenvalue weighted by Gasteiger charge is -2.21. The lowest BCUT2D eigenvalue weighted by molar-refractivity contribution is -0.120. The minimum Gasteiger partial charge on any atom is -0.375 e. The van der Waals surface area contributed by atoms with Gasteiger partial charge >= 0.3 is 0 Å². The fourth-order valence-corrected chi connectivity index (χ4v) is 1.84. The van der Waals surface area contributed by atoms with Crippen LogP contribution < -0.4 is 5.73 Å². The largest absolute Gasteiger partial charge is 0.375 e. The number of hydrogen-bond acceptors (Lipinski definition) is 2. The van der Waals surface area contributed by atoms with Crippen molar-refractivity contribution in [3.05, 3.63) is 23.7 Å². The van der Waals surface area contributed by atoms with Crippen LogP contribution in [0.5, 0.6) is 0 Å². The molecule has 0 aliphatic heterocycles. The van der Waals surface area contributed by atoms with Gasteiger partial charge in [0, 0.05) is 18.4 Å². The molecule has 2 N–H and O–H groups in total. The first-order valence-electron chi connectivity index (χ1n) is 5.94. The molecule has 0 spiro atoms. The van der Waals surface area contributed by atoms with Gasteiger partial charge in [0.1, 0.15) is 5.78 Å². The Morgan fingerprint density at radius 1 is 1.38 bits per heavy atom. The second-order valence-corrected chi connectivity index (χ2v) is 3.62. The molecule has 92 valence electrons. The zero-order valence-corrected chi connectivity index (χ0v) is 10.4. The third-order valence-electron chi connectivity index (χ3n) is 2.61. The highest BCUT2D eigenvalue weighted by molar-refractivity contribution is 5.79. The molecular formula is C13H22FNO. The van der Waals surface area contributed by atoms with Gasteiger partial charge in [-0.25, -0.2) is 0 Å². The minimum atomic E-state index is -0.609. The van der Waals surface area contributed by atoms with Crippen molar-refractivity contribution in [2.24, 2.45) is 11.7 Å². The third kappa shape index (κ3) is 4.60. The molecule has 16 heavy (non-hydrogen) atoms. The number of halogens is 1. The van der Waals surface area contributed by atoms with E-state index in [0.717, 1.165) is 12.8 Å². The Morgan fingerprint density at radius 2 is 1.88 bits per heavy atom. The van der Waals surface area contributed by atoms with Crippen molar-refractivity contribution in [1.29, 1.82) is 0 Å². The Labute approximate surface area is 97.4 Å². The van der Waals surface area contributed by atoms with Gasteiger partial charge in [0.15, 0.2) is 5.95 Å². The van der Waals surface area contributed by atoms with Crippen LogP contribution in [0.15, 0.2) is 23.7 Å². The molecule has 2 nitrogen and oxygen atoms in total. The van der Waals surface area contributed by atoms with E-state index in [2.05, 4.69) is 0 Å². The van der Waals surface area contributed by atoms with Gasteiger partial charge < -0.3 is 5.73 Å². The summed E-state index contributed by atoms with van der Waals surface area (Å²) in [5.41, 5.74) is 5.72. The van der Waals surface area contributed by atoms with E-state index in [-0.39, 0.29) is 11.7 Å². The van der Waals surface area contributed by atoms with E-state index in [1.165, 1.54) is 0 Å². The van der Waals surface area contributed by atoms with Gasteiger partial charge in [-0.3, -0.25) is 4.79 Å². The molecule has 1 aliphatic carbocycles. The van der Waals surface area contributed by atoms with Crippen molar-refractivity contribution in [2.75, 3.05) is 0 Å². The fourth-order valence-electron chi connectivity index (χ4n) is 1.84. The van der Waals surface area contributed by atoms with E-state index >= 15 is 0 Å². The van der Waals surface area contributed by atoms with E-state index in [0.29, 0.717) is 18.4 Å². The molecular weight excluding hydrogens is 205 g/mol. The van der Waals surface area contributed by atoms with E-state index in [1.54, 1.807) is 12.2 Å². The Hall–Kier alpha value is -1.12. The molecule has 1 fully saturated rings. The van der Waals surface area contributed by atoms with E-state index < -0.39 is 5.95 Å². The average molecular weight is 227 g/mol. The van der Waals surface area contributed by atoms with Crippen molar-refractivity contribution in [1.82, 2.24) is 0 Å². The zero-order valence-electron chi connectivity index (χ0n) is 10.4. The number of carbonyl (C=O) groups excluding carboxylic acids is 1. The summed E-state index contributed by atoms with van der Waals surface area (Å²) in [6.07, 6.45) is 6.04. The van der Waals surface area contributed by atoms with Gasteiger partial charge in [0.05, 0.1) is 0 Å². The van der Waals surface area contributed by atoms with Crippen LogP contribution in [0.3, 0.4) is 0 Å². The number of ketones is 1. The van der Waals surface area contributed by atoms with Gasteiger partial charge in [-0.1, -0.05) is 26.0 Å². The molecule has 0 aromatic heterocycles. The van der Waals surface area contributed by atoms with Crippen LogP contribution in [-0.2, 0) is 4.79 Å². The summed E-state index contributed by atoms with van der Waals surface area (Å²) in [7, 11) is 0. The standard InChI is InChI=1S/C11H16FNO.C2H6/c1-2-3-10(11(12)13)8-4-6-9(14)7-5-8;1-2/h2-3,8H,4-7,13H2,1H3;1-2H3/b3-2-,11-10+;. The number of hydrogen-bond donors (Lipinski definition) is 1. The van der Waals surface area contributed by atoms with Crippen molar-refractivity contribution in [2.45, 2.75) is 46.5 Å². The second-order valence-electron chi connectivity index (χ2n) is 3.62. The molecule has 0 heterocycles. The van der Waals surface area contributed by atoms with Gasteiger partial charge in [0.2, 0.25) is 0 Å². The summed E-state index contributed by atoms with van der Waals surface area (Å²) >= 11 is 0. The monoisotopic (exact) mass is 227 g/mol. The van der Waals surface area contributed by atoms with Crippen molar-refractivity contribution < 1.29 is 9.18 Å². The van der Waals surface area contributed by atoms with E-state index in [9.17, 15) is 9.18 Å². The maximum Gasteiger partial charge on any atom is 0.187 e. The highest BCUT2D eigenvalue weighted by Crippen LogP contribution is 2.30. The molecule has 0 radical (unpaired) electrons. The second kappa shape index (κ2) is 8.08. The summed E-state index contributed by atoms with van der Waals surface area (Å²) < 4.78 is 13.0. The molecule has 0 saturated heterocycles. The first-order valence-corrected chi connectivity index (χ1v) is 5.94. The van der Waals surface area contributed by atoms with E-state index in [1.807, 2.05) is 20.8 Å². The lowest BCUT2D eigenvalue weighted by Crippen LogP contribution is -2.17. The predicted molar refractivity (Wildman–Crippen MR) is 65.4 cm³/mol. The van der Waals surface area contributed by atoms with Crippen molar-refractivity contribution in [3.63, 3.8) is 0 Å². The van der Waals surface area contributed by atoms with Crippen LogP contribution in [0, 0.1) is 5.92 Å². The summed E-state index contributed by atoms with van der Waals surface area (Å²) in [5, 5.41) is 0. The lowest BCUT2D eigenvalue weighted by atomic mass is 9.83. The molecule has 1 rings (SSSR count). The van der Waals surface area contributed by atoms with Crippen molar-refractivity contribution in [3.8, 4) is 0 Å². The van der Waals surface area contributed by atoms with Crippen LogP contribution in [-0.4, -0.2) is 5.78 Å².